The maximum Gasteiger partial charge on any atom is 0.328 e. The average Bonchev–Trinajstić information content (AvgIpc) is 3.20. The van der Waals surface area contributed by atoms with E-state index in [9.17, 15) is 14.0 Å². The number of carboxylic acid groups (broad SMARTS) is 1. The minimum atomic E-state index is -1.04. The predicted octanol–water partition coefficient (Wildman–Crippen LogP) is 3.52. The van der Waals surface area contributed by atoms with Crippen molar-refractivity contribution in [3.63, 3.8) is 0 Å². The summed E-state index contributed by atoms with van der Waals surface area (Å²) in [6.07, 6.45) is 7.14. The van der Waals surface area contributed by atoms with E-state index in [2.05, 4.69) is 5.32 Å². The van der Waals surface area contributed by atoms with Crippen LogP contribution in [0.4, 0.5) is 4.39 Å². The zero-order chi connectivity index (χ0) is 20.8. The molecule has 3 rings (SSSR count). The normalized spacial score (nSPS) is 15.4. The van der Waals surface area contributed by atoms with Gasteiger partial charge in [-0.05, 0) is 58.8 Å². The lowest BCUT2D eigenvalue weighted by Gasteiger charge is -2.12. The molecule has 0 spiro atoms. The summed E-state index contributed by atoms with van der Waals surface area (Å²) in [5.74, 6) is -2.05. The molecule has 0 atom stereocenters. The number of ketones is 1. The van der Waals surface area contributed by atoms with Gasteiger partial charge < -0.3 is 16.2 Å². The van der Waals surface area contributed by atoms with E-state index in [4.69, 9.17) is 10.8 Å². The Morgan fingerprint density at radius 2 is 1.90 bits per heavy atom. The van der Waals surface area contributed by atoms with E-state index in [1.165, 1.54) is 30.5 Å². The zero-order valence-electron chi connectivity index (χ0n) is 15.4. The summed E-state index contributed by atoms with van der Waals surface area (Å²) < 4.78 is 14.1. The number of allylic oxidation sites excluding steroid dienone is 2. The number of benzene rings is 2. The Balaban J connectivity index is 2.07. The smallest absolute Gasteiger partial charge is 0.328 e. The Kier molecular flexibility index (Phi) is 6.04. The maximum atomic E-state index is 14.1. The number of hydrogen-bond donors (Lipinski definition) is 3. The van der Waals surface area contributed by atoms with Crippen LogP contribution in [0.15, 0.2) is 84.2 Å². The fraction of sp³-hybridized carbons (Fsp3) is 0.0435. The van der Waals surface area contributed by atoms with Crippen LogP contribution in [0.1, 0.15) is 21.5 Å². The lowest BCUT2D eigenvalue weighted by atomic mass is 9.91. The third kappa shape index (κ3) is 4.50. The molecule has 0 bridgehead atoms. The SMILES string of the molecule is N/C=C\C(=C1/CNC=C1C(=O)c1ccccc1F)c1cccc(/C=C/C(=O)O)c1. The summed E-state index contributed by atoms with van der Waals surface area (Å²) in [5, 5.41) is 11.9. The second kappa shape index (κ2) is 8.84. The quantitative estimate of drug-likeness (QED) is 0.518. The van der Waals surface area contributed by atoms with Crippen molar-refractivity contribution in [3.8, 4) is 0 Å². The summed E-state index contributed by atoms with van der Waals surface area (Å²) in [6, 6.07) is 13.0. The third-order valence-electron chi connectivity index (χ3n) is 4.42. The summed E-state index contributed by atoms with van der Waals surface area (Å²) in [6.45, 7) is 0.379. The van der Waals surface area contributed by atoms with Crippen molar-refractivity contribution in [2.24, 2.45) is 5.73 Å². The van der Waals surface area contributed by atoms with Crippen LogP contribution in [0.5, 0.6) is 0 Å². The molecule has 1 heterocycles. The van der Waals surface area contributed by atoms with Gasteiger partial charge in [0.1, 0.15) is 5.82 Å². The number of nitrogens with one attached hydrogen (secondary N) is 1. The molecule has 0 aromatic heterocycles. The van der Waals surface area contributed by atoms with Crippen LogP contribution >= 0.6 is 0 Å². The fourth-order valence-electron chi connectivity index (χ4n) is 3.12. The standard InChI is InChI=1S/C23H19FN2O3/c24-21-7-2-1-6-18(21)23(29)20-14-26-13-19(20)17(10-11-25)16-5-3-4-15(12-16)8-9-22(27)28/h1-12,14,26H,13,25H2,(H,27,28)/b9-8+,11-10-,19-17-. The number of hydrogen-bond acceptors (Lipinski definition) is 4. The summed E-state index contributed by atoms with van der Waals surface area (Å²) >= 11 is 0. The first-order valence-electron chi connectivity index (χ1n) is 8.87. The second-order valence-corrected chi connectivity index (χ2v) is 6.30. The number of rotatable bonds is 6. The van der Waals surface area contributed by atoms with Crippen LogP contribution in [-0.2, 0) is 4.79 Å². The van der Waals surface area contributed by atoms with Gasteiger partial charge in [-0.25, -0.2) is 9.18 Å². The van der Waals surface area contributed by atoms with Gasteiger partial charge >= 0.3 is 5.97 Å². The highest BCUT2D eigenvalue weighted by Crippen LogP contribution is 2.30. The molecule has 146 valence electrons. The minimum absolute atomic E-state index is 0.00540. The van der Waals surface area contributed by atoms with Crippen LogP contribution in [0.2, 0.25) is 0 Å². The van der Waals surface area contributed by atoms with Crippen LogP contribution in [-0.4, -0.2) is 23.4 Å². The van der Waals surface area contributed by atoms with E-state index in [1.54, 1.807) is 36.5 Å². The number of carboxylic acids is 1. The van der Waals surface area contributed by atoms with Crippen LogP contribution in [0.3, 0.4) is 0 Å². The largest absolute Gasteiger partial charge is 0.478 e. The zero-order valence-corrected chi connectivity index (χ0v) is 15.4. The molecule has 2 aromatic carbocycles. The molecule has 0 radical (unpaired) electrons. The third-order valence-corrected chi connectivity index (χ3v) is 4.42. The van der Waals surface area contributed by atoms with Gasteiger partial charge in [0.05, 0.1) is 5.56 Å². The number of carbonyl (C=O) groups is 2. The Bertz CT molecular complexity index is 1080. The molecule has 4 N–H and O–H groups in total. The molecule has 0 aliphatic carbocycles. The van der Waals surface area contributed by atoms with Gasteiger partial charge in [-0.1, -0.05) is 30.3 Å². The Morgan fingerprint density at radius 3 is 2.62 bits per heavy atom. The molecule has 0 fully saturated rings. The van der Waals surface area contributed by atoms with Crippen LogP contribution in [0.25, 0.3) is 11.6 Å². The molecule has 0 saturated heterocycles. The monoisotopic (exact) mass is 390 g/mol. The topological polar surface area (TPSA) is 92.4 Å². The second-order valence-electron chi connectivity index (χ2n) is 6.30. The highest BCUT2D eigenvalue weighted by atomic mass is 19.1. The number of nitrogens with two attached hydrogens (primary N) is 1. The molecule has 1 aliphatic heterocycles. The van der Waals surface area contributed by atoms with Gasteiger partial charge in [0.2, 0.25) is 0 Å². The van der Waals surface area contributed by atoms with Crippen molar-refractivity contribution in [2.45, 2.75) is 0 Å². The minimum Gasteiger partial charge on any atom is -0.478 e. The highest BCUT2D eigenvalue weighted by Gasteiger charge is 2.25. The number of aliphatic carboxylic acids is 1. The molecule has 2 aromatic rings. The number of carbonyl (C=O) groups excluding carboxylic acids is 1. The van der Waals surface area contributed by atoms with E-state index in [0.717, 1.165) is 11.6 Å². The van der Waals surface area contributed by atoms with Gasteiger partial charge in [-0.15, -0.1) is 0 Å². The van der Waals surface area contributed by atoms with Gasteiger partial charge in [0.15, 0.2) is 5.78 Å². The van der Waals surface area contributed by atoms with E-state index in [1.807, 2.05) is 6.07 Å². The van der Waals surface area contributed by atoms with Gasteiger partial charge in [0.25, 0.3) is 0 Å². The molecule has 0 saturated carbocycles. The molecule has 0 amide bonds. The number of Topliss-reactive ketones (excluding diaryl/α,β-unsaturated/α-hetero) is 1. The van der Waals surface area contributed by atoms with Crippen molar-refractivity contribution < 1.29 is 19.1 Å². The van der Waals surface area contributed by atoms with Crippen molar-refractivity contribution >= 4 is 23.4 Å². The van der Waals surface area contributed by atoms with Crippen LogP contribution < -0.4 is 11.1 Å². The van der Waals surface area contributed by atoms with Gasteiger partial charge in [-0.2, -0.15) is 0 Å². The molecule has 6 heteroatoms. The Morgan fingerprint density at radius 1 is 1.10 bits per heavy atom. The lowest BCUT2D eigenvalue weighted by Crippen LogP contribution is -2.09. The summed E-state index contributed by atoms with van der Waals surface area (Å²) in [7, 11) is 0. The van der Waals surface area contributed by atoms with Crippen molar-refractivity contribution in [1.82, 2.24) is 5.32 Å². The molecule has 29 heavy (non-hydrogen) atoms. The van der Waals surface area contributed by atoms with E-state index in [-0.39, 0.29) is 5.56 Å². The Hall–Kier alpha value is -3.93. The van der Waals surface area contributed by atoms with E-state index < -0.39 is 17.6 Å². The van der Waals surface area contributed by atoms with Gasteiger partial charge in [0, 0.05) is 24.4 Å². The Labute approximate surface area is 167 Å². The van der Waals surface area contributed by atoms with E-state index >= 15 is 0 Å². The molecular formula is C23H19FN2O3. The van der Waals surface area contributed by atoms with Gasteiger partial charge in [-0.3, -0.25) is 4.79 Å². The first-order valence-corrected chi connectivity index (χ1v) is 8.87. The van der Waals surface area contributed by atoms with Crippen molar-refractivity contribution in [1.29, 1.82) is 0 Å². The molecular weight excluding hydrogens is 371 g/mol. The average molecular weight is 390 g/mol. The fourth-order valence-corrected chi connectivity index (χ4v) is 3.12. The van der Waals surface area contributed by atoms with Crippen LogP contribution in [0, 0.1) is 5.82 Å². The molecule has 0 unspecified atom stereocenters. The van der Waals surface area contributed by atoms with E-state index in [0.29, 0.717) is 28.8 Å². The molecule has 1 aliphatic rings. The highest BCUT2D eigenvalue weighted by molar-refractivity contribution is 6.13. The summed E-state index contributed by atoms with van der Waals surface area (Å²) in [5.41, 5.74) is 8.80. The first-order chi connectivity index (χ1) is 14.0. The summed E-state index contributed by atoms with van der Waals surface area (Å²) in [4.78, 5) is 23.7. The van der Waals surface area contributed by atoms with Crippen molar-refractivity contribution in [3.05, 3.63) is 107 Å². The first kappa shape index (κ1) is 19.8. The molecule has 5 nitrogen and oxygen atoms in total. The number of halogens is 1. The predicted molar refractivity (Wildman–Crippen MR) is 110 cm³/mol. The van der Waals surface area contributed by atoms with Crippen molar-refractivity contribution in [2.75, 3.05) is 6.54 Å². The maximum absolute atomic E-state index is 14.1. The lowest BCUT2D eigenvalue weighted by molar-refractivity contribution is -0.131.